The third-order valence-electron chi connectivity index (χ3n) is 5.83. The first kappa shape index (κ1) is 15.8. The van der Waals surface area contributed by atoms with E-state index < -0.39 is 0 Å². The van der Waals surface area contributed by atoms with Crippen molar-refractivity contribution >= 4 is 11.8 Å². The SMILES string of the molecule is CC1CCCC(C)N1CCNC(=O)C1CCC2CCC(=O)N21. The third-order valence-corrected chi connectivity index (χ3v) is 5.83. The predicted molar refractivity (Wildman–Crippen MR) is 85.4 cm³/mol. The molecule has 1 N–H and O–H groups in total. The maximum absolute atomic E-state index is 12.4. The fourth-order valence-corrected chi connectivity index (χ4v) is 4.56. The number of carbonyl (C=O) groups is 2. The summed E-state index contributed by atoms with van der Waals surface area (Å²) < 4.78 is 0. The van der Waals surface area contributed by atoms with Crippen LogP contribution in [0.3, 0.4) is 0 Å². The molecule has 0 radical (unpaired) electrons. The van der Waals surface area contributed by atoms with E-state index in [0.29, 0.717) is 31.1 Å². The van der Waals surface area contributed by atoms with Crippen molar-refractivity contribution in [1.82, 2.24) is 15.1 Å². The number of fused-ring (bicyclic) bond motifs is 1. The lowest BCUT2D eigenvalue weighted by molar-refractivity contribution is -0.137. The lowest BCUT2D eigenvalue weighted by Crippen LogP contribution is -2.50. The molecule has 4 atom stereocenters. The van der Waals surface area contributed by atoms with Crippen molar-refractivity contribution in [3.8, 4) is 0 Å². The molecule has 4 unspecified atom stereocenters. The van der Waals surface area contributed by atoms with E-state index in [2.05, 4.69) is 24.1 Å². The van der Waals surface area contributed by atoms with Crippen LogP contribution in [0.1, 0.15) is 58.8 Å². The second-order valence-electron chi connectivity index (χ2n) is 7.24. The maximum Gasteiger partial charge on any atom is 0.242 e. The lowest BCUT2D eigenvalue weighted by Gasteiger charge is -2.39. The number of nitrogens with one attached hydrogen (secondary N) is 1. The van der Waals surface area contributed by atoms with Crippen LogP contribution in [0.4, 0.5) is 0 Å². The Kier molecular flexibility index (Phi) is 4.71. The highest BCUT2D eigenvalue weighted by Crippen LogP contribution is 2.33. The highest BCUT2D eigenvalue weighted by molar-refractivity contribution is 5.89. The van der Waals surface area contributed by atoms with Gasteiger partial charge in [-0.1, -0.05) is 6.42 Å². The van der Waals surface area contributed by atoms with Gasteiger partial charge < -0.3 is 10.2 Å². The summed E-state index contributed by atoms with van der Waals surface area (Å²) in [5.74, 6) is 0.219. The summed E-state index contributed by atoms with van der Waals surface area (Å²) in [7, 11) is 0. The molecule has 3 aliphatic rings. The number of nitrogens with zero attached hydrogens (tertiary/aromatic N) is 2. The topological polar surface area (TPSA) is 52.7 Å². The summed E-state index contributed by atoms with van der Waals surface area (Å²) in [6, 6.07) is 1.33. The van der Waals surface area contributed by atoms with Crippen molar-refractivity contribution in [2.75, 3.05) is 13.1 Å². The van der Waals surface area contributed by atoms with E-state index in [0.717, 1.165) is 25.8 Å². The van der Waals surface area contributed by atoms with Crippen molar-refractivity contribution < 1.29 is 9.59 Å². The third kappa shape index (κ3) is 3.00. The number of amides is 2. The summed E-state index contributed by atoms with van der Waals surface area (Å²) in [6.45, 7) is 6.17. The summed E-state index contributed by atoms with van der Waals surface area (Å²) in [5, 5.41) is 3.07. The van der Waals surface area contributed by atoms with Crippen LogP contribution in [0.5, 0.6) is 0 Å². The van der Waals surface area contributed by atoms with Crippen molar-refractivity contribution in [3.63, 3.8) is 0 Å². The zero-order valence-electron chi connectivity index (χ0n) is 13.9. The average Bonchev–Trinajstić information content (AvgIpc) is 3.05. The fourth-order valence-electron chi connectivity index (χ4n) is 4.56. The second kappa shape index (κ2) is 6.57. The van der Waals surface area contributed by atoms with E-state index in [1.807, 2.05) is 4.90 Å². The number of hydrogen-bond donors (Lipinski definition) is 1. The molecular weight excluding hydrogens is 278 g/mol. The Morgan fingerprint density at radius 1 is 1.14 bits per heavy atom. The van der Waals surface area contributed by atoms with E-state index >= 15 is 0 Å². The number of piperidine rings is 1. The van der Waals surface area contributed by atoms with Crippen molar-refractivity contribution in [2.45, 2.75) is 83.0 Å². The van der Waals surface area contributed by atoms with Crippen LogP contribution in [0.2, 0.25) is 0 Å². The summed E-state index contributed by atoms with van der Waals surface area (Å²) >= 11 is 0. The van der Waals surface area contributed by atoms with Gasteiger partial charge in [-0.3, -0.25) is 14.5 Å². The van der Waals surface area contributed by atoms with Crippen molar-refractivity contribution in [1.29, 1.82) is 0 Å². The van der Waals surface area contributed by atoms with Crippen LogP contribution in [0.15, 0.2) is 0 Å². The van der Waals surface area contributed by atoms with Crippen LogP contribution >= 0.6 is 0 Å². The molecule has 5 heteroatoms. The molecule has 0 aromatic rings. The molecule has 124 valence electrons. The smallest absolute Gasteiger partial charge is 0.242 e. The number of carbonyl (C=O) groups excluding carboxylic acids is 2. The first-order valence-corrected chi connectivity index (χ1v) is 8.92. The molecule has 0 spiro atoms. The van der Waals surface area contributed by atoms with Crippen LogP contribution in [-0.4, -0.2) is 58.9 Å². The molecule has 0 aromatic heterocycles. The Morgan fingerprint density at radius 2 is 1.86 bits per heavy atom. The molecule has 3 saturated heterocycles. The van der Waals surface area contributed by atoms with Crippen LogP contribution < -0.4 is 5.32 Å². The Bertz CT molecular complexity index is 430. The molecule has 0 saturated carbocycles. The van der Waals surface area contributed by atoms with Crippen LogP contribution in [-0.2, 0) is 9.59 Å². The van der Waals surface area contributed by atoms with Gasteiger partial charge in [0.15, 0.2) is 0 Å². The molecule has 0 aliphatic carbocycles. The Morgan fingerprint density at radius 3 is 2.59 bits per heavy atom. The standard InChI is InChI=1S/C17H29N3O2/c1-12-4-3-5-13(2)19(12)11-10-18-17(22)15-8-6-14-7-9-16(21)20(14)15/h12-15H,3-11H2,1-2H3,(H,18,22). The number of rotatable bonds is 4. The highest BCUT2D eigenvalue weighted by Gasteiger charge is 2.44. The normalized spacial score (nSPS) is 35.7. The van der Waals surface area contributed by atoms with Crippen molar-refractivity contribution in [3.05, 3.63) is 0 Å². The van der Waals surface area contributed by atoms with E-state index in [1.165, 1.54) is 19.3 Å². The highest BCUT2D eigenvalue weighted by atomic mass is 16.2. The molecular formula is C17H29N3O2. The van der Waals surface area contributed by atoms with E-state index in [9.17, 15) is 9.59 Å². The van der Waals surface area contributed by atoms with Gasteiger partial charge in [0.25, 0.3) is 0 Å². The number of likely N-dealkylation sites (tertiary alicyclic amines) is 1. The van der Waals surface area contributed by atoms with Crippen LogP contribution in [0, 0.1) is 0 Å². The molecule has 22 heavy (non-hydrogen) atoms. The van der Waals surface area contributed by atoms with E-state index in [-0.39, 0.29) is 17.9 Å². The molecule has 3 rings (SSSR count). The predicted octanol–water partition coefficient (Wildman–Crippen LogP) is 1.52. The average molecular weight is 307 g/mol. The molecule has 3 fully saturated rings. The Balaban J connectivity index is 1.47. The monoisotopic (exact) mass is 307 g/mol. The van der Waals surface area contributed by atoms with Gasteiger partial charge in [-0.2, -0.15) is 0 Å². The lowest BCUT2D eigenvalue weighted by atomic mass is 9.98. The van der Waals surface area contributed by atoms with Gasteiger partial charge in [0, 0.05) is 37.6 Å². The second-order valence-corrected chi connectivity index (χ2v) is 7.24. The Labute approximate surface area is 133 Å². The summed E-state index contributed by atoms with van der Waals surface area (Å²) in [6.07, 6.45) is 7.20. The van der Waals surface area contributed by atoms with E-state index in [1.54, 1.807) is 0 Å². The quantitative estimate of drug-likeness (QED) is 0.857. The molecule has 0 bridgehead atoms. The summed E-state index contributed by atoms with van der Waals surface area (Å²) in [4.78, 5) is 28.7. The Hall–Kier alpha value is -1.10. The zero-order chi connectivity index (χ0) is 15.7. The molecule has 2 amide bonds. The minimum absolute atomic E-state index is 0.0510. The molecule has 3 heterocycles. The zero-order valence-corrected chi connectivity index (χ0v) is 13.9. The van der Waals surface area contributed by atoms with Gasteiger partial charge in [0.1, 0.15) is 6.04 Å². The summed E-state index contributed by atoms with van der Waals surface area (Å²) in [5.41, 5.74) is 0. The largest absolute Gasteiger partial charge is 0.353 e. The fraction of sp³-hybridized carbons (Fsp3) is 0.882. The molecule has 3 aliphatic heterocycles. The minimum atomic E-state index is -0.212. The first-order valence-electron chi connectivity index (χ1n) is 8.92. The van der Waals surface area contributed by atoms with Gasteiger partial charge >= 0.3 is 0 Å². The van der Waals surface area contributed by atoms with E-state index in [4.69, 9.17) is 0 Å². The number of hydrogen-bond acceptors (Lipinski definition) is 3. The molecule has 5 nitrogen and oxygen atoms in total. The van der Waals surface area contributed by atoms with Gasteiger partial charge in [0.2, 0.25) is 11.8 Å². The van der Waals surface area contributed by atoms with Gasteiger partial charge in [-0.05, 0) is 46.0 Å². The minimum Gasteiger partial charge on any atom is -0.353 e. The van der Waals surface area contributed by atoms with Gasteiger partial charge in [0.05, 0.1) is 0 Å². The first-order chi connectivity index (χ1) is 10.6. The maximum atomic E-state index is 12.4. The van der Waals surface area contributed by atoms with Crippen molar-refractivity contribution in [2.24, 2.45) is 0 Å². The van der Waals surface area contributed by atoms with Gasteiger partial charge in [-0.25, -0.2) is 0 Å². The van der Waals surface area contributed by atoms with Crippen LogP contribution in [0.25, 0.3) is 0 Å². The molecule has 0 aromatic carbocycles. The van der Waals surface area contributed by atoms with Gasteiger partial charge in [-0.15, -0.1) is 0 Å².